The molecule has 4 atom stereocenters. The third-order valence-electron chi connectivity index (χ3n) is 10.6. The molecule has 1 spiro atoms. The minimum atomic E-state index is -0.999. The number of hydrogen-bond acceptors (Lipinski definition) is 4. The van der Waals surface area contributed by atoms with Crippen LogP contribution in [0.4, 0.5) is 5.69 Å². The zero-order valence-corrected chi connectivity index (χ0v) is 25.8. The lowest BCUT2D eigenvalue weighted by Crippen LogP contribution is -2.53. The van der Waals surface area contributed by atoms with Gasteiger partial charge in [0.05, 0.1) is 12.3 Å². The van der Waals surface area contributed by atoms with E-state index in [1.54, 1.807) is 0 Å². The van der Waals surface area contributed by atoms with E-state index >= 15 is 0 Å². The maximum atomic E-state index is 12.7. The molecule has 3 aromatic rings. The summed E-state index contributed by atoms with van der Waals surface area (Å²) in [6.07, 6.45) is 9.20. The second-order valence-electron chi connectivity index (χ2n) is 13.4. The van der Waals surface area contributed by atoms with Crippen LogP contribution in [0, 0.1) is 11.8 Å². The molecule has 2 aromatic carbocycles. The molecule has 222 valence electrons. The standard InChI is InChI=1S/C36H43ClN2O3/c1-23(22-42-31-13-18-38-33-25(3)12-11-24(2)32(31)33)19-27-20-26-7-4-5-10-30(26)35(27)14-16-36(17-15-35,34(40)41)39-29-9-6-8-28(37)21-29/h4-10,13,18,21,23-25,27,39H,11-12,14-17,19-20,22H2,1-3H3,(H,40,41)/t23-,24+,25+,27?,35?,36?/m1/s1. The topological polar surface area (TPSA) is 71.5 Å². The highest BCUT2D eigenvalue weighted by atomic mass is 35.5. The van der Waals surface area contributed by atoms with Crippen molar-refractivity contribution in [1.82, 2.24) is 4.98 Å². The second kappa shape index (κ2) is 11.6. The number of carboxylic acids is 1. The summed E-state index contributed by atoms with van der Waals surface area (Å²) >= 11 is 6.22. The molecular weight excluding hydrogens is 544 g/mol. The van der Waals surface area contributed by atoms with Gasteiger partial charge in [0, 0.05) is 22.5 Å². The highest BCUT2D eigenvalue weighted by molar-refractivity contribution is 6.30. The number of aromatic nitrogens is 1. The Morgan fingerprint density at radius 1 is 1.07 bits per heavy atom. The van der Waals surface area contributed by atoms with E-state index in [-0.39, 0.29) is 5.41 Å². The number of carboxylic acid groups (broad SMARTS) is 1. The highest BCUT2D eigenvalue weighted by Crippen LogP contribution is 2.56. The third-order valence-corrected chi connectivity index (χ3v) is 10.8. The van der Waals surface area contributed by atoms with Gasteiger partial charge in [0.15, 0.2) is 0 Å². The molecule has 0 amide bonds. The van der Waals surface area contributed by atoms with Crippen LogP contribution in [0.1, 0.15) is 99.9 Å². The van der Waals surface area contributed by atoms with E-state index in [9.17, 15) is 9.90 Å². The summed E-state index contributed by atoms with van der Waals surface area (Å²) in [6, 6.07) is 18.3. The molecule has 6 heteroatoms. The van der Waals surface area contributed by atoms with Gasteiger partial charge in [0.1, 0.15) is 11.3 Å². The van der Waals surface area contributed by atoms with Crippen molar-refractivity contribution in [2.24, 2.45) is 11.8 Å². The molecular formula is C36H43ClN2O3. The zero-order valence-electron chi connectivity index (χ0n) is 25.0. The number of hydrogen-bond donors (Lipinski definition) is 2. The van der Waals surface area contributed by atoms with Gasteiger partial charge in [-0.3, -0.25) is 4.98 Å². The number of fused-ring (bicyclic) bond motifs is 3. The molecule has 3 aliphatic carbocycles. The Morgan fingerprint density at radius 3 is 2.60 bits per heavy atom. The fourth-order valence-electron chi connectivity index (χ4n) is 8.26. The Morgan fingerprint density at radius 2 is 1.83 bits per heavy atom. The molecule has 1 aromatic heterocycles. The van der Waals surface area contributed by atoms with E-state index < -0.39 is 11.5 Å². The quantitative estimate of drug-likeness (QED) is 0.276. The Labute approximate surface area is 255 Å². The van der Waals surface area contributed by atoms with Gasteiger partial charge in [-0.1, -0.05) is 62.7 Å². The molecule has 3 aliphatic rings. The third kappa shape index (κ3) is 5.30. The van der Waals surface area contributed by atoms with E-state index in [1.165, 1.54) is 35.2 Å². The fraction of sp³-hybridized carbons (Fsp3) is 0.500. The van der Waals surface area contributed by atoms with Crippen LogP contribution < -0.4 is 10.1 Å². The average Bonchev–Trinajstić information content (AvgIpc) is 3.27. The summed E-state index contributed by atoms with van der Waals surface area (Å²) < 4.78 is 6.55. The van der Waals surface area contributed by atoms with Crippen molar-refractivity contribution in [3.8, 4) is 5.75 Å². The molecule has 0 radical (unpaired) electrons. The van der Waals surface area contributed by atoms with Crippen molar-refractivity contribution in [3.63, 3.8) is 0 Å². The normalized spacial score (nSPS) is 29.0. The van der Waals surface area contributed by atoms with Gasteiger partial charge in [-0.15, -0.1) is 0 Å². The van der Waals surface area contributed by atoms with E-state index in [2.05, 4.69) is 50.4 Å². The number of pyridine rings is 1. The van der Waals surface area contributed by atoms with Crippen LogP contribution in [0.15, 0.2) is 60.8 Å². The summed E-state index contributed by atoms with van der Waals surface area (Å²) in [4.78, 5) is 17.4. The van der Waals surface area contributed by atoms with Crippen LogP contribution >= 0.6 is 11.6 Å². The number of halogens is 1. The molecule has 0 saturated heterocycles. The van der Waals surface area contributed by atoms with Gasteiger partial charge in [0.2, 0.25) is 0 Å². The number of ether oxygens (including phenoxy) is 1. The fourth-order valence-corrected chi connectivity index (χ4v) is 8.45. The molecule has 5 nitrogen and oxygen atoms in total. The first-order chi connectivity index (χ1) is 20.2. The second-order valence-corrected chi connectivity index (χ2v) is 13.8. The van der Waals surface area contributed by atoms with Gasteiger partial charge >= 0.3 is 5.97 Å². The highest BCUT2D eigenvalue weighted by Gasteiger charge is 2.54. The SMILES string of the molecule is C[C@@H](COc1ccnc2c1[C@@H](C)CC[C@@H]2C)CC1Cc2ccccc2C12CCC(Nc1cccc(Cl)c1)(C(=O)O)CC2. The van der Waals surface area contributed by atoms with Gasteiger partial charge < -0.3 is 15.2 Å². The number of rotatable bonds is 8. The van der Waals surface area contributed by atoms with E-state index in [0.29, 0.717) is 48.1 Å². The molecule has 6 rings (SSSR count). The minimum Gasteiger partial charge on any atom is -0.493 e. The van der Waals surface area contributed by atoms with Gasteiger partial charge in [0.25, 0.3) is 0 Å². The Kier molecular flexibility index (Phi) is 7.99. The van der Waals surface area contributed by atoms with E-state index in [0.717, 1.165) is 37.1 Å². The van der Waals surface area contributed by atoms with Crippen molar-refractivity contribution in [3.05, 3.63) is 88.2 Å². The molecule has 2 N–H and O–H groups in total. The summed E-state index contributed by atoms with van der Waals surface area (Å²) in [5.41, 5.74) is 5.11. The van der Waals surface area contributed by atoms with Crippen LogP contribution in [0.5, 0.6) is 5.75 Å². The maximum absolute atomic E-state index is 12.7. The lowest BCUT2D eigenvalue weighted by atomic mass is 9.59. The van der Waals surface area contributed by atoms with Crippen LogP contribution in [0.3, 0.4) is 0 Å². The zero-order chi connectivity index (χ0) is 29.5. The summed E-state index contributed by atoms with van der Waals surface area (Å²) in [6.45, 7) is 7.55. The van der Waals surface area contributed by atoms with Crippen molar-refractivity contribution in [2.45, 2.75) is 94.9 Å². The van der Waals surface area contributed by atoms with Crippen LogP contribution in [0.2, 0.25) is 5.02 Å². The van der Waals surface area contributed by atoms with Gasteiger partial charge in [-0.2, -0.15) is 0 Å². The number of aliphatic carboxylic acids is 1. The Balaban J connectivity index is 1.19. The van der Waals surface area contributed by atoms with Crippen LogP contribution in [-0.2, 0) is 16.6 Å². The van der Waals surface area contributed by atoms with Gasteiger partial charge in [-0.25, -0.2) is 4.79 Å². The number of carbonyl (C=O) groups is 1. The molecule has 0 bridgehead atoms. The van der Waals surface area contributed by atoms with E-state index in [4.69, 9.17) is 21.3 Å². The largest absolute Gasteiger partial charge is 0.493 e. The predicted molar refractivity (Wildman–Crippen MR) is 169 cm³/mol. The summed E-state index contributed by atoms with van der Waals surface area (Å²) in [7, 11) is 0. The molecule has 0 aliphatic heterocycles. The minimum absolute atomic E-state index is 0.0143. The van der Waals surface area contributed by atoms with Crippen molar-refractivity contribution in [1.29, 1.82) is 0 Å². The van der Waals surface area contributed by atoms with Crippen LogP contribution in [-0.4, -0.2) is 28.2 Å². The first-order valence-electron chi connectivity index (χ1n) is 15.7. The van der Waals surface area contributed by atoms with Crippen molar-refractivity contribution < 1.29 is 14.6 Å². The lowest BCUT2D eigenvalue weighted by Gasteiger charge is -2.47. The first-order valence-corrected chi connectivity index (χ1v) is 16.1. The number of anilines is 1. The summed E-state index contributed by atoms with van der Waals surface area (Å²) in [5.74, 6) is 2.00. The number of nitrogens with one attached hydrogen (secondary N) is 1. The average molecular weight is 587 g/mol. The number of nitrogens with zero attached hydrogens (tertiary/aromatic N) is 1. The van der Waals surface area contributed by atoms with Crippen molar-refractivity contribution in [2.75, 3.05) is 11.9 Å². The maximum Gasteiger partial charge on any atom is 0.329 e. The Hall–Kier alpha value is -3.05. The first kappa shape index (κ1) is 29.0. The summed E-state index contributed by atoms with van der Waals surface area (Å²) in [5, 5.41) is 14.4. The predicted octanol–water partition coefficient (Wildman–Crippen LogP) is 8.76. The Bertz CT molecular complexity index is 1450. The molecule has 1 saturated carbocycles. The molecule has 1 heterocycles. The lowest BCUT2D eigenvalue weighted by molar-refractivity contribution is -0.144. The van der Waals surface area contributed by atoms with Crippen LogP contribution in [0.25, 0.3) is 0 Å². The smallest absolute Gasteiger partial charge is 0.329 e. The van der Waals surface area contributed by atoms with Gasteiger partial charge in [-0.05, 0) is 116 Å². The monoisotopic (exact) mass is 586 g/mol. The van der Waals surface area contributed by atoms with Crippen molar-refractivity contribution >= 4 is 23.3 Å². The van der Waals surface area contributed by atoms with E-state index in [1.807, 2.05) is 36.5 Å². The molecule has 1 fully saturated rings. The molecule has 1 unspecified atom stereocenters. The number of benzene rings is 2. The molecule has 42 heavy (non-hydrogen) atoms.